The Bertz CT molecular complexity index is 136. The molecule has 0 aliphatic carbocycles. The Labute approximate surface area is 84.1 Å². The number of rotatable bonds is 5. The molecule has 0 spiro atoms. The van der Waals surface area contributed by atoms with Crippen molar-refractivity contribution in [1.82, 2.24) is 0 Å². The van der Waals surface area contributed by atoms with E-state index in [1.165, 1.54) is 6.42 Å². The van der Waals surface area contributed by atoms with Crippen molar-refractivity contribution in [3.8, 4) is 0 Å². The summed E-state index contributed by atoms with van der Waals surface area (Å²) in [7, 11) is 0. The van der Waals surface area contributed by atoms with E-state index in [2.05, 4.69) is 41.5 Å². The zero-order valence-corrected chi connectivity index (χ0v) is 10.2. The standard InChI is InChI=1S/C12H27N/c1-9(2)12(5,6)8-10(3)7-11(4)13/h9-11H,7-8,13H2,1-6H3. The molecular formula is C12H27N. The molecule has 80 valence electrons. The lowest BCUT2D eigenvalue weighted by Crippen LogP contribution is -2.25. The molecule has 0 fully saturated rings. The van der Waals surface area contributed by atoms with E-state index in [1.807, 2.05) is 0 Å². The van der Waals surface area contributed by atoms with Gasteiger partial charge in [0.05, 0.1) is 0 Å². The van der Waals surface area contributed by atoms with Gasteiger partial charge in [-0.05, 0) is 37.0 Å². The average molecular weight is 185 g/mol. The lowest BCUT2D eigenvalue weighted by molar-refractivity contribution is 0.186. The molecule has 0 rings (SSSR count). The van der Waals surface area contributed by atoms with Gasteiger partial charge in [-0.25, -0.2) is 0 Å². The maximum atomic E-state index is 5.79. The van der Waals surface area contributed by atoms with Crippen molar-refractivity contribution in [2.75, 3.05) is 0 Å². The van der Waals surface area contributed by atoms with E-state index in [0.29, 0.717) is 11.5 Å². The van der Waals surface area contributed by atoms with Gasteiger partial charge >= 0.3 is 0 Å². The third kappa shape index (κ3) is 5.30. The first-order chi connectivity index (χ1) is 5.75. The van der Waals surface area contributed by atoms with Gasteiger partial charge in [0.2, 0.25) is 0 Å². The fraction of sp³-hybridized carbons (Fsp3) is 1.00. The summed E-state index contributed by atoms with van der Waals surface area (Å²) in [5, 5.41) is 0. The quantitative estimate of drug-likeness (QED) is 0.697. The molecule has 1 heteroatoms. The molecule has 0 aromatic rings. The molecule has 0 aliphatic rings. The second-order valence-electron chi connectivity index (χ2n) is 5.67. The second-order valence-corrected chi connectivity index (χ2v) is 5.67. The Morgan fingerprint density at radius 3 is 1.85 bits per heavy atom. The number of nitrogens with two attached hydrogens (primary N) is 1. The van der Waals surface area contributed by atoms with Crippen LogP contribution in [0.25, 0.3) is 0 Å². The zero-order chi connectivity index (χ0) is 10.6. The summed E-state index contributed by atoms with van der Waals surface area (Å²) in [5.74, 6) is 1.50. The molecule has 0 radical (unpaired) electrons. The van der Waals surface area contributed by atoms with Gasteiger partial charge in [-0.1, -0.05) is 34.6 Å². The molecule has 0 aliphatic heterocycles. The second kappa shape index (κ2) is 4.99. The first kappa shape index (κ1) is 13.0. The van der Waals surface area contributed by atoms with E-state index in [4.69, 9.17) is 5.73 Å². The van der Waals surface area contributed by atoms with Gasteiger partial charge in [-0.2, -0.15) is 0 Å². The van der Waals surface area contributed by atoms with Crippen molar-refractivity contribution < 1.29 is 0 Å². The van der Waals surface area contributed by atoms with E-state index in [-0.39, 0.29) is 0 Å². The van der Waals surface area contributed by atoms with Crippen molar-refractivity contribution in [3.05, 3.63) is 0 Å². The molecule has 2 atom stereocenters. The van der Waals surface area contributed by atoms with Crippen molar-refractivity contribution in [3.63, 3.8) is 0 Å². The Balaban J connectivity index is 3.96. The van der Waals surface area contributed by atoms with Crippen molar-refractivity contribution in [2.24, 2.45) is 23.0 Å². The molecule has 0 amide bonds. The maximum Gasteiger partial charge on any atom is 0.00130 e. The summed E-state index contributed by atoms with van der Waals surface area (Å²) in [6, 6.07) is 0.345. The highest BCUT2D eigenvalue weighted by molar-refractivity contribution is 4.76. The van der Waals surface area contributed by atoms with Crippen LogP contribution in [-0.2, 0) is 0 Å². The van der Waals surface area contributed by atoms with Gasteiger partial charge in [-0.3, -0.25) is 0 Å². The van der Waals surface area contributed by atoms with Crippen LogP contribution in [-0.4, -0.2) is 6.04 Å². The minimum Gasteiger partial charge on any atom is -0.328 e. The first-order valence-electron chi connectivity index (χ1n) is 5.51. The fourth-order valence-electron chi connectivity index (χ4n) is 1.85. The normalized spacial score (nSPS) is 17.5. The molecule has 2 unspecified atom stereocenters. The molecular weight excluding hydrogens is 158 g/mol. The summed E-state index contributed by atoms with van der Waals surface area (Å²) >= 11 is 0. The average Bonchev–Trinajstić information content (AvgIpc) is 1.82. The Kier molecular flexibility index (Phi) is 4.98. The van der Waals surface area contributed by atoms with Gasteiger partial charge in [0.15, 0.2) is 0 Å². The predicted octanol–water partition coefficient (Wildman–Crippen LogP) is 3.43. The van der Waals surface area contributed by atoms with Crippen LogP contribution in [0, 0.1) is 17.3 Å². The van der Waals surface area contributed by atoms with Crippen LogP contribution < -0.4 is 5.73 Å². The third-order valence-corrected chi connectivity index (χ3v) is 3.21. The minimum atomic E-state index is 0.345. The monoisotopic (exact) mass is 185 g/mol. The van der Waals surface area contributed by atoms with Gasteiger partial charge in [0.25, 0.3) is 0 Å². The van der Waals surface area contributed by atoms with E-state index in [0.717, 1.165) is 18.3 Å². The van der Waals surface area contributed by atoms with Gasteiger partial charge in [0, 0.05) is 6.04 Å². The van der Waals surface area contributed by atoms with Crippen LogP contribution in [0.15, 0.2) is 0 Å². The lowest BCUT2D eigenvalue weighted by Gasteiger charge is -2.32. The summed E-state index contributed by atoms with van der Waals surface area (Å²) in [6.07, 6.45) is 2.43. The first-order valence-corrected chi connectivity index (χ1v) is 5.51. The Morgan fingerprint density at radius 1 is 1.08 bits per heavy atom. The number of hydrogen-bond donors (Lipinski definition) is 1. The third-order valence-electron chi connectivity index (χ3n) is 3.21. The van der Waals surface area contributed by atoms with E-state index in [9.17, 15) is 0 Å². The van der Waals surface area contributed by atoms with Gasteiger partial charge < -0.3 is 5.73 Å². The van der Waals surface area contributed by atoms with Crippen LogP contribution in [0.3, 0.4) is 0 Å². The van der Waals surface area contributed by atoms with E-state index >= 15 is 0 Å². The highest BCUT2D eigenvalue weighted by atomic mass is 14.6. The SMILES string of the molecule is CC(N)CC(C)CC(C)(C)C(C)C. The number of hydrogen-bond acceptors (Lipinski definition) is 1. The largest absolute Gasteiger partial charge is 0.328 e. The Hall–Kier alpha value is -0.0400. The van der Waals surface area contributed by atoms with Crippen LogP contribution >= 0.6 is 0 Å². The highest BCUT2D eigenvalue weighted by Crippen LogP contribution is 2.34. The molecule has 2 N–H and O–H groups in total. The van der Waals surface area contributed by atoms with Crippen molar-refractivity contribution in [2.45, 2.75) is 60.4 Å². The lowest BCUT2D eigenvalue weighted by atomic mass is 9.74. The van der Waals surface area contributed by atoms with E-state index in [1.54, 1.807) is 0 Å². The topological polar surface area (TPSA) is 26.0 Å². The Morgan fingerprint density at radius 2 is 1.54 bits per heavy atom. The van der Waals surface area contributed by atoms with Crippen LogP contribution in [0.4, 0.5) is 0 Å². The fourth-order valence-corrected chi connectivity index (χ4v) is 1.85. The smallest absolute Gasteiger partial charge is 0.00130 e. The summed E-state index contributed by atoms with van der Waals surface area (Å²) in [4.78, 5) is 0. The zero-order valence-electron chi connectivity index (χ0n) is 10.2. The van der Waals surface area contributed by atoms with Crippen LogP contribution in [0.5, 0.6) is 0 Å². The van der Waals surface area contributed by atoms with Gasteiger partial charge in [-0.15, -0.1) is 0 Å². The van der Waals surface area contributed by atoms with Gasteiger partial charge in [0.1, 0.15) is 0 Å². The van der Waals surface area contributed by atoms with Crippen LogP contribution in [0.2, 0.25) is 0 Å². The van der Waals surface area contributed by atoms with Crippen molar-refractivity contribution >= 4 is 0 Å². The summed E-state index contributed by atoms with van der Waals surface area (Å²) in [6.45, 7) is 13.7. The molecule has 0 aromatic carbocycles. The predicted molar refractivity (Wildman–Crippen MR) is 60.7 cm³/mol. The molecule has 13 heavy (non-hydrogen) atoms. The summed E-state index contributed by atoms with van der Waals surface area (Å²) in [5.41, 5.74) is 6.24. The summed E-state index contributed by atoms with van der Waals surface area (Å²) < 4.78 is 0. The highest BCUT2D eigenvalue weighted by Gasteiger charge is 2.24. The molecule has 0 bridgehead atoms. The maximum absolute atomic E-state index is 5.79. The molecule has 0 saturated heterocycles. The van der Waals surface area contributed by atoms with Crippen LogP contribution in [0.1, 0.15) is 54.4 Å². The molecule has 1 nitrogen and oxygen atoms in total. The molecule has 0 saturated carbocycles. The molecule has 0 heterocycles. The minimum absolute atomic E-state index is 0.345. The van der Waals surface area contributed by atoms with E-state index < -0.39 is 0 Å². The van der Waals surface area contributed by atoms with Crippen molar-refractivity contribution in [1.29, 1.82) is 0 Å². The molecule has 0 aromatic heterocycles.